The molecule has 0 radical (unpaired) electrons. The molecule has 0 aliphatic carbocycles. The van der Waals surface area contributed by atoms with Crippen LogP contribution in [0.4, 0.5) is 0 Å². The molecule has 1 aromatic rings. The highest BCUT2D eigenvalue weighted by molar-refractivity contribution is 14.0. The van der Waals surface area contributed by atoms with E-state index in [2.05, 4.69) is 31.7 Å². The number of aryl methyl sites for hydroxylation is 1. The number of nitrogens with zero attached hydrogens (tertiary/aromatic N) is 4. The summed E-state index contributed by atoms with van der Waals surface area (Å²) in [6.45, 7) is 5.92. The van der Waals surface area contributed by atoms with Gasteiger partial charge in [-0.15, -0.1) is 40.8 Å². The molecule has 0 amide bonds. The van der Waals surface area contributed by atoms with Crippen molar-refractivity contribution in [3.8, 4) is 0 Å². The zero-order valence-electron chi connectivity index (χ0n) is 11.7. The maximum atomic E-state index is 5.71. The Hall–Kier alpha value is -1.12. The summed E-state index contributed by atoms with van der Waals surface area (Å²) in [6.07, 6.45) is 7.28. The van der Waals surface area contributed by atoms with Gasteiger partial charge in [0.1, 0.15) is 11.6 Å². The number of aliphatic imine (C=N–C) groups is 1. The Kier molecular flexibility index (Phi) is 7.56. The van der Waals surface area contributed by atoms with Crippen LogP contribution in [0.25, 0.3) is 0 Å². The number of guanidine groups is 1. The standard InChI is InChI=1S/C13H22N6.HI/c1-2-8-15-13(14)16-9-7-12-18-17-11-6-4-3-5-10-19(11)12;/h2H,1,3-10H2,(H3,14,15,16);1H. The average Bonchev–Trinajstić information content (AvgIpc) is 2.65. The molecule has 0 atom stereocenters. The van der Waals surface area contributed by atoms with Crippen molar-refractivity contribution >= 4 is 29.9 Å². The lowest BCUT2D eigenvalue weighted by Gasteiger charge is -2.06. The Bertz CT molecular complexity index is 454. The van der Waals surface area contributed by atoms with Crippen molar-refractivity contribution in [2.45, 2.75) is 38.6 Å². The predicted molar refractivity (Wildman–Crippen MR) is 91.4 cm³/mol. The van der Waals surface area contributed by atoms with E-state index in [4.69, 9.17) is 5.73 Å². The summed E-state index contributed by atoms with van der Waals surface area (Å²) in [7, 11) is 0. The van der Waals surface area contributed by atoms with Crippen LogP contribution in [0.1, 0.15) is 30.9 Å². The first-order chi connectivity index (χ1) is 9.31. The zero-order valence-corrected chi connectivity index (χ0v) is 14.0. The van der Waals surface area contributed by atoms with E-state index >= 15 is 0 Å². The van der Waals surface area contributed by atoms with Crippen LogP contribution in [0, 0.1) is 0 Å². The molecule has 0 bridgehead atoms. The third-order valence-electron chi connectivity index (χ3n) is 3.23. The number of hydrogen-bond donors (Lipinski definition) is 2. The van der Waals surface area contributed by atoms with Crippen molar-refractivity contribution in [1.82, 2.24) is 20.1 Å². The summed E-state index contributed by atoms with van der Waals surface area (Å²) in [5.74, 6) is 2.60. The number of aromatic nitrogens is 3. The average molecular weight is 390 g/mol. The lowest BCUT2D eigenvalue weighted by atomic mass is 10.2. The zero-order chi connectivity index (χ0) is 13.5. The quantitative estimate of drug-likeness (QED) is 0.343. The molecule has 112 valence electrons. The van der Waals surface area contributed by atoms with Crippen molar-refractivity contribution in [2.75, 3.05) is 13.1 Å². The number of nitrogens with one attached hydrogen (secondary N) is 1. The molecule has 0 unspecified atom stereocenters. The molecule has 0 spiro atoms. The van der Waals surface area contributed by atoms with Gasteiger partial charge in [-0.2, -0.15) is 0 Å². The minimum absolute atomic E-state index is 0. The van der Waals surface area contributed by atoms with Gasteiger partial charge in [0.05, 0.1) is 0 Å². The first-order valence-corrected chi connectivity index (χ1v) is 6.87. The van der Waals surface area contributed by atoms with Crippen molar-refractivity contribution in [1.29, 1.82) is 0 Å². The van der Waals surface area contributed by atoms with Gasteiger partial charge >= 0.3 is 0 Å². The summed E-state index contributed by atoms with van der Waals surface area (Å²) in [4.78, 5) is 4.26. The molecule has 20 heavy (non-hydrogen) atoms. The molecular weight excluding hydrogens is 367 g/mol. The molecule has 2 rings (SSSR count). The van der Waals surface area contributed by atoms with Gasteiger partial charge in [-0.3, -0.25) is 4.99 Å². The Balaban J connectivity index is 0.00000200. The molecule has 0 aromatic carbocycles. The maximum absolute atomic E-state index is 5.71. The second-order valence-electron chi connectivity index (χ2n) is 4.68. The minimum Gasteiger partial charge on any atom is -0.370 e. The monoisotopic (exact) mass is 390 g/mol. The normalized spacial score (nSPS) is 14.9. The molecule has 6 nitrogen and oxygen atoms in total. The van der Waals surface area contributed by atoms with Crippen LogP contribution >= 0.6 is 24.0 Å². The Morgan fingerprint density at radius 2 is 2.25 bits per heavy atom. The van der Waals surface area contributed by atoms with E-state index < -0.39 is 0 Å². The first-order valence-electron chi connectivity index (χ1n) is 6.87. The first kappa shape index (κ1) is 16.9. The van der Waals surface area contributed by atoms with Crippen LogP contribution in [0.2, 0.25) is 0 Å². The van der Waals surface area contributed by atoms with Gasteiger partial charge in [0.15, 0.2) is 5.96 Å². The topological polar surface area (TPSA) is 81.1 Å². The van der Waals surface area contributed by atoms with Crippen molar-refractivity contribution in [3.05, 3.63) is 24.3 Å². The molecular formula is C13H23IN6. The Morgan fingerprint density at radius 3 is 3.05 bits per heavy atom. The van der Waals surface area contributed by atoms with Gasteiger partial charge in [0.25, 0.3) is 0 Å². The molecule has 1 aliphatic heterocycles. The molecule has 3 N–H and O–H groups in total. The van der Waals surface area contributed by atoms with Gasteiger partial charge in [0.2, 0.25) is 0 Å². The van der Waals surface area contributed by atoms with E-state index in [9.17, 15) is 0 Å². The molecule has 7 heteroatoms. The highest BCUT2D eigenvalue weighted by Crippen LogP contribution is 2.14. The van der Waals surface area contributed by atoms with Gasteiger partial charge in [-0.1, -0.05) is 12.5 Å². The van der Waals surface area contributed by atoms with Crippen LogP contribution < -0.4 is 11.1 Å². The molecule has 0 saturated heterocycles. The van der Waals surface area contributed by atoms with E-state index in [1.54, 1.807) is 6.08 Å². The SMILES string of the molecule is C=CCNC(N)=NCCc1nnc2n1CCCCC2.I. The van der Waals surface area contributed by atoms with Crippen LogP contribution in [0.15, 0.2) is 17.6 Å². The fourth-order valence-electron chi connectivity index (χ4n) is 2.24. The highest BCUT2D eigenvalue weighted by atomic mass is 127. The van der Waals surface area contributed by atoms with E-state index in [1.807, 2.05) is 0 Å². The summed E-state index contributed by atoms with van der Waals surface area (Å²) < 4.78 is 2.25. The second-order valence-corrected chi connectivity index (χ2v) is 4.68. The molecule has 0 fully saturated rings. The lowest BCUT2D eigenvalue weighted by Crippen LogP contribution is -2.31. The Morgan fingerprint density at radius 1 is 1.40 bits per heavy atom. The number of fused-ring (bicyclic) bond motifs is 1. The molecule has 0 saturated carbocycles. The highest BCUT2D eigenvalue weighted by Gasteiger charge is 2.13. The lowest BCUT2D eigenvalue weighted by molar-refractivity contribution is 0.604. The van der Waals surface area contributed by atoms with E-state index in [1.165, 1.54) is 19.3 Å². The Labute approximate surface area is 137 Å². The van der Waals surface area contributed by atoms with Crippen LogP contribution in [0.3, 0.4) is 0 Å². The fraction of sp³-hybridized carbons (Fsp3) is 0.615. The van der Waals surface area contributed by atoms with Gasteiger partial charge in [0, 0.05) is 32.5 Å². The largest absolute Gasteiger partial charge is 0.370 e. The molecule has 2 heterocycles. The van der Waals surface area contributed by atoms with Crippen molar-refractivity contribution in [3.63, 3.8) is 0 Å². The smallest absolute Gasteiger partial charge is 0.188 e. The number of rotatable bonds is 5. The summed E-state index contributed by atoms with van der Waals surface area (Å²) in [6, 6.07) is 0. The fourth-order valence-corrected chi connectivity index (χ4v) is 2.24. The summed E-state index contributed by atoms with van der Waals surface area (Å²) >= 11 is 0. The van der Waals surface area contributed by atoms with Crippen molar-refractivity contribution in [2.24, 2.45) is 10.7 Å². The van der Waals surface area contributed by atoms with Crippen LogP contribution in [-0.4, -0.2) is 33.8 Å². The van der Waals surface area contributed by atoms with E-state index in [-0.39, 0.29) is 24.0 Å². The number of halogens is 1. The minimum atomic E-state index is 0. The van der Waals surface area contributed by atoms with Gasteiger partial charge in [-0.25, -0.2) is 0 Å². The number of hydrogen-bond acceptors (Lipinski definition) is 3. The summed E-state index contributed by atoms with van der Waals surface area (Å²) in [5, 5.41) is 11.5. The van der Waals surface area contributed by atoms with E-state index in [0.29, 0.717) is 19.0 Å². The third kappa shape index (κ3) is 4.77. The van der Waals surface area contributed by atoms with Gasteiger partial charge in [-0.05, 0) is 12.8 Å². The second kappa shape index (κ2) is 8.93. The van der Waals surface area contributed by atoms with Crippen molar-refractivity contribution < 1.29 is 0 Å². The predicted octanol–water partition coefficient (Wildman–Crippen LogP) is 1.26. The maximum Gasteiger partial charge on any atom is 0.188 e. The van der Waals surface area contributed by atoms with Crippen LogP contribution in [0.5, 0.6) is 0 Å². The van der Waals surface area contributed by atoms with E-state index in [0.717, 1.165) is 31.0 Å². The van der Waals surface area contributed by atoms with Gasteiger partial charge < -0.3 is 15.6 Å². The third-order valence-corrected chi connectivity index (χ3v) is 3.23. The summed E-state index contributed by atoms with van der Waals surface area (Å²) in [5.41, 5.74) is 5.71. The number of nitrogens with two attached hydrogens (primary N) is 1. The molecule has 1 aliphatic rings. The molecule has 1 aromatic heterocycles. The van der Waals surface area contributed by atoms with Crippen LogP contribution in [-0.2, 0) is 19.4 Å².